The summed E-state index contributed by atoms with van der Waals surface area (Å²) in [5.74, 6) is -0.00194. The third-order valence-corrected chi connectivity index (χ3v) is 4.73. The van der Waals surface area contributed by atoms with Crippen molar-refractivity contribution in [1.82, 2.24) is 5.32 Å². The van der Waals surface area contributed by atoms with Gasteiger partial charge in [-0.05, 0) is 19.4 Å². The van der Waals surface area contributed by atoms with Crippen molar-refractivity contribution in [1.29, 1.82) is 0 Å². The van der Waals surface area contributed by atoms with Crippen LogP contribution in [0.4, 0.5) is 4.39 Å². The lowest BCUT2D eigenvalue weighted by atomic mass is 9.88. The summed E-state index contributed by atoms with van der Waals surface area (Å²) in [4.78, 5) is 11.8. The minimum atomic E-state index is -1.21. The number of benzene rings is 1. The molecule has 3 N–H and O–H groups in total. The van der Waals surface area contributed by atoms with Crippen LogP contribution < -0.4 is 15.8 Å². The second kappa shape index (κ2) is 5.30. The highest BCUT2D eigenvalue weighted by Crippen LogP contribution is 2.54. The Balaban J connectivity index is 2.04. The number of carbonyl (C=O) groups excluding carboxylic acids is 1. The SMILES string of the molecule is COc1c([C@H]2CCCCN2)cccc1C1(C(N)=O)CC1F. The van der Waals surface area contributed by atoms with Crippen LogP contribution in [0.2, 0.25) is 0 Å². The van der Waals surface area contributed by atoms with Crippen molar-refractivity contribution >= 4 is 5.91 Å². The van der Waals surface area contributed by atoms with Crippen LogP contribution in [0.3, 0.4) is 0 Å². The first kappa shape index (κ1) is 14.3. The Hall–Kier alpha value is -1.62. The fourth-order valence-corrected chi connectivity index (χ4v) is 3.42. The first-order chi connectivity index (χ1) is 10.1. The molecule has 1 heterocycles. The fraction of sp³-hybridized carbons (Fsp3) is 0.562. The average molecular weight is 292 g/mol. The van der Waals surface area contributed by atoms with Gasteiger partial charge in [-0.1, -0.05) is 24.6 Å². The maximum Gasteiger partial charge on any atom is 0.231 e. The van der Waals surface area contributed by atoms with E-state index in [1.54, 1.807) is 13.2 Å². The third kappa shape index (κ3) is 2.20. The van der Waals surface area contributed by atoms with Crippen LogP contribution in [-0.4, -0.2) is 25.7 Å². The van der Waals surface area contributed by atoms with Crippen molar-refractivity contribution in [2.45, 2.75) is 43.3 Å². The Morgan fingerprint density at radius 1 is 1.48 bits per heavy atom. The molecule has 2 fully saturated rings. The second-order valence-corrected chi connectivity index (χ2v) is 5.94. The van der Waals surface area contributed by atoms with Crippen molar-refractivity contribution in [3.63, 3.8) is 0 Å². The second-order valence-electron chi connectivity index (χ2n) is 5.94. The zero-order valence-corrected chi connectivity index (χ0v) is 12.2. The Labute approximate surface area is 123 Å². The average Bonchev–Trinajstić information content (AvgIpc) is 3.20. The fourth-order valence-electron chi connectivity index (χ4n) is 3.42. The van der Waals surface area contributed by atoms with Crippen molar-refractivity contribution in [2.75, 3.05) is 13.7 Å². The molecule has 1 aliphatic carbocycles. The highest BCUT2D eigenvalue weighted by molar-refractivity contribution is 5.92. The van der Waals surface area contributed by atoms with Gasteiger partial charge in [0.15, 0.2) is 0 Å². The van der Waals surface area contributed by atoms with Crippen LogP contribution in [-0.2, 0) is 10.2 Å². The number of methoxy groups -OCH3 is 1. The number of para-hydroxylation sites is 1. The minimum Gasteiger partial charge on any atom is -0.496 e. The van der Waals surface area contributed by atoms with E-state index in [2.05, 4.69) is 5.32 Å². The molecule has 0 bridgehead atoms. The summed E-state index contributed by atoms with van der Waals surface area (Å²) in [6.07, 6.45) is 2.27. The van der Waals surface area contributed by atoms with Gasteiger partial charge in [-0.15, -0.1) is 0 Å². The molecule has 114 valence electrons. The Bertz CT molecular complexity index is 557. The largest absolute Gasteiger partial charge is 0.496 e. The van der Waals surface area contributed by atoms with Gasteiger partial charge >= 0.3 is 0 Å². The Morgan fingerprint density at radius 3 is 2.76 bits per heavy atom. The lowest BCUT2D eigenvalue weighted by molar-refractivity contribution is -0.120. The van der Waals surface area contributed by atoms with Crippen LogP contribution in [0.5, 0.6) is 5.75 Å². The summed E-state index contributed by atoms with van der Waals surface area (Å²) < 4.78 is 19.4. The standard InChI is InChI=1S/C16H21FN2O2/c1-21-14-10(12-7-2-3-8-19-12)5-4-6-11(14)16(15(18)20)9-13(16)17/h4-6,12-13,19H,2-3,7-9H2,1H3,(H2,18,20)/t12-,13?,16?/m1/s1. The topological polar surface area (TPSA) is 64.3 Å². The summed E-state index contributed by atoms with van der Waals surface area (Å²) in [5, 5.41) is 3.46. The number of nitrogens with one attached hydrogen (secondary N) is 1. The number of piperidine rings is 1. The molecule has 5 heteroatoms. The van der Waals surface area contributed by atoms with E-state index in [-0.39, 0.29) is 12.5 Å². The van der Waals surface area contributed by atoms with E-state index in [9.17, 15) is 9.18 Å². The van der Waals surface area contributed by atoms with Crippen LogP contribution >= 0.6 is 0 Å². The van der Waals surface area contributed by atoms with Crippen LogP contribution in [0.25, 0.3) is 0 Å². The van der Waals surface area contributed by atoms with Gasteiger partial charge in [0.1, 0.15) is 17.3 Å². The van der Waals surface area contributed by atoms with Crippen molar-refractivity contribution in [2.24, 2.45) is 5.73 Å². The van der Waals surface area contributed by atoms with Crippen molar-refractivity contribution in [3.05, 3.63) is 29.3 Å². The number of amides is 1. The molecule has 1 amide bonds. The summed E-state index contributed by atoms with van der Waals surface area (Å²) in [6, 6.07) is 5.79. The molecule has 1 saturated heterocycles. The zero-order valence-electron chi connectivity index (χ0n) is 12.2. The number of alkyl halides is 1. The summed E-state index contributed by atoms with van der Waals surface area (Å²) in [7, 11) is 1.56. The number of hydrogen-bond acceptors (Lipinski definition) is 3. The Morgan fingerprint density at radius 2 is 2.24 bits per heavy atom. The van der Waals surface area contributed by atoms with Gasteiger partial charge in [-0.3, -0.25) is 4.79 Å². The number of carbonyl (C=O) groups is 1. The monoisotopic (exact) mass is 292 g/mol. The molecule has 1 aliphatic heterocycles. The first-order valence-corrected chi connectivity index (χ1v) is 7.46. The Kier molecular flexibility index (Phi) is 3.61. The molecule has 0 aromatic heterocycles. The quantitative estimate of drug-likeness (QED) is 0.892. The van der Waals surface area contributed by atoms with Gasteiger partial charge in [0.25, 0.3) is 0 Å². The molecule has 4 nitrogen and oxygen atoms in total. The molecule has 2 unspecified atom stereocenters. The van der Waals surface area contributed by atoms with Gasteiger partial charge in [0.05, 0.1) is 7.11 Å². The molecule has 2 aliphatic rings. The number of rotatable bonds is 4. The highest BCUT2D eigenvalue weighted by Gasteiger charge is 2.63. The van der Waals surface area contributed by atoms with Gasteiger partial charge in [0, 0.05) is 23.6 Å². The van der Waals surface area contributed by atoms with E-state index in [1.807, 2.05) is 12.1 Å². The summed E-state index contributed by atoms with van der Waals surface area (Å²) >= 11 is 0. The smallest absolute Gasteiger partial charge is 0.231 e. The van der Waals surface area contributed by atoms with E-state index in [1.165, 1.54) is 0 Å². The molecule has 21 heavy (non-hydrogen) atoms. The lowest BCUT2D eigenvalue weighted by Crippen LogP contribution is -2.32. The molecule has 1 aromatic carbocycles. The molecular formula is C16H21FN2O2. The number of halogens is 1. The van der Waals surface area contributed by atoms with E-state index in [0.717, 1.165) is 31.4 Å². The van der Waals surface area contributed by atoms with Gasteiger partial charge in [-0.25, -0.2) is 4.39 Å². The lowest BCUT2D eigenvalue weighted by Gasteiger charge is -2.27. The zero-order chi connectivity index (χ0) is 15.0. The number of ether oxygens (including phenoxy) is 1. The number of nitrogens with two attached hydrogens (primary N) is 1. The number of primary amides is 1. The van der Waals surface area contributed by atoms with E-state index < -0.39 is 17.5 Å². The first-order valence-electron chi connectivity index (χ1n) is 7.46. The normalized spacial score (nSPS) is 31.7. The van der Waals surface area contributed by atoms with Crippen LogP contribution in [0.15, 0.2) is 18.2 Å². The van der Waals surface area contributed by atoms with Gasteiger partial charge in [-0.2, -0.15) is 0 Å². The molecule has 1 aromatic rings. The molecular weight excluding hydrogens is 271 g/mol. The predicted molar refractivity (Wildman–Crippen MR) is 78.0 cm³/mol. The predicted octanol–water partition coefficient (Wildman–Crippen LogP) is 1.97. The van der Waals surface area contributed by atoms with Crippen LogP contribution in [0.1, 0.15) is 42.9 Å². The maximum atomic E-state index is 13.9. The van der Waals surface area contributed by atoms with Crippen molar-refractivity contribution in [3.8, 4) is 5.75 Å². The molecule has 3 rings (SSSR count). The van der Waals surface area contributed by atoms with E-state index in [0.29, 0.717) is 11.3 Å². The molecule has 3 atom stereocenters. The molecule has 0 spiro atoms. The third-order valence-electron chi connectivity index (χ3n) is 4.73. The maximum absolute atomic E-state index is 13.9. The van der Waals surface area contributed by atoms with Gasteiger partial charge < -0.3 is 15.8 Å². The minimum absolute atomic E-state index is 0.153. The van der Waals surface area contributed by atoms with E-state index >= 15 is 0 Å². The highest BCUT2D eigenvalue weighted by atomic mass is 19.1. The molecule has 0 radical (unpaired) electrons. The number of hydrogen-bond donors (Lipinski definition) is 2. The van der Waals surface area contributed by atoms with Crippen molar-refractivity contribution < 1.29 is 13.9 Å². The van der Waals surface area contributed by atoms with E-state index in [4.69, 9.17) is 10.5 Å². The summed E-state index contributed by atoms with van der Waals surface area (Å²) in [5.41, 5.74) is 5.85. The van der Waals surface area contributed by atoms with Crippen LogP contribution in [0, 0.1) is 0 Å². The summed E-state index contributed by atoms with van der Waals surface area (Å²) in [6.45, 7) is 0.963. The molecule has 1 saturated carbocycles. The van der Waals surface area contributed by atoms with Gasteiger partial charge in [0.2, 0.25) is 5.91 Å².